The maximum Gasteiger partial charge on any atom is 0.750 e. The average molecular weight is 491 g/mol. The topological polar surface area (TPSA) is 138 Å². The Morgan fingerprint density at radius 1 is 1.35 bits per heavy atom. The monoisotopic (exact) mass is 491 g/mol. The van der Waals surface area contributed by atoms with Gasteiger partial charge >= 0.3 is 8.25 Å². The average Bonchev–Trinajstić information content (AvgIpc) is 3.55. The number of anilines is 2. The van der Waals surface area contributed by atoms with Crippen LogP contribution in [0.15, 0.2) is 36.7 Å². The van der Waals surface area contributed by atoms with Crippen LogP contribution >= 0.6 is 8.25 Å². The predicted molar refractivity (Wildman–Crippen MR) is 121 cm³/mol. The zero-order chi connectivity index (χ0) is 24.0. The first-order chi connectivity index (χ1) is 16.3. The van der Waals surface area contributed by atoms with Gasteiger partial charge in [0.1, 0.15) is 18.3 Å². The second-order valence-corrected chi connectivity index (χ2v) is 9.57. The quantitative estimate of drug-likeness (QED) is 0.452. The first kappa shape index (κ1) is 22.9. The maximum absolute atomic E-state index is 15.3. The van der Waals surface area contributed by atoms with Crippen LogP contribution in [0.4, 0.5) is 16.2 Å². The summed E-state index contributed by atoms with van der Waals surface area (Å²) in [6.45, 7) is 1.11. The summed E-state index contributed by atoms with van der Waals surface area (Å²) in [6, 6.07) is 8.83. The third kappa shape index (κ3) is 4.18. The molecular formula is C21H25FN6O5P+. The van der Waals surface area contributed by atoms with E-state index in [-0.39, 0.29) is 12.6 Å². The lowest BCUT2D eigenvalue weighted by Crippen LogP contribution is -2.42. The Hall–Kier alpha value is -2.92. The molecule has 1 saturated carbocycles. The molecule has 3 N–H and O–H groups in total. The number of rotatable bonds is 8. The maximum atomic E-state index is 15.3. The highest BCUT2D eigenvalue weighted by molar-refractivity contribution is 7.33. The Labute approximate surface area is 195 Å². The van der Waals surface area contributed by atoms with Gasteiger partial charge in [-0.05, 0) is 31.9 Å². The fraction of sp³-hybridized carbons (Fsp3) is 0.476. The van der Waals surface area contributed by atoms with Crippen molar-refractivity contribution in [2.24, 2.45) is 0 Å². The van der Waals surface area contributed by atoms with E-state index in [0.29, 0.717) is 28.8 Å². The molecule has 3 aromatic rings. The van der Waals surface area contributed by atoms with Crippen LogP contribution in [-0.2, 0) is 13.8 Å². The number of hydrogen-bond acceptors (Lipinski definition) is 10. The number of fused-ring (bicyclic) bond motifs is 1. The molecule has 1 aliphatic heterocycles. The minimum absolute atomic E-state index is 0.0202. The molecule has 0 spiro atoms. The highest BCUT2D eigenvalue weighted by Crippen LogP contribution is 2.42. The van der Waals surface area contributed by atoms with Crippen molar-refractivity contribution < 1.29 is 27.8 Å². The Morgan fingerprint density at radius 2 is 2.09 bits per heavy atom. The van der Waals surface area contributed by atoms with E-state index < -0.39 is 32.4 Å². The minimum Gasteiger partial charge on any atom is -0.387 e. The molecule has 1 aliphatic carbocycles. The number of imidazole rings is 1. The van der Waals surface area contributed by atoms with Crippen LogP contribution in [0.2, 0.25) is 0 Å². The van der Waals surface area contributed by atoms with E-state index in [4.69, 9.17) is 19.5 Å². The van der Waals surface area contributed by atoms with Crippen molar-refractivity contribution in [3.63, 3.8) is 0 Å². The van der Waals surface area contributed by atoms with Gasteiger partial charge in [-0.15, -0.1) is 4.52 Å². The molecular weight excluding hydrogens is 466 g/mol. The van der Waals surface area contributed by atoms with E-state index in [1.165, 1.54) is 17.8 Å². The van der Waals surface area contributed by atoms with Crippen LogP contribution in [-0.4, -0.2) is 62.2 Å². The van der Waals surface area contributed by atoms with E-state index in [9.17, 15) is 9.67 Å². The van der Waals surface area contributed by atoms with E-state index in [2.05, 4.69) is 15.0 Å². The largest absolute Gasteiger partial charge is 0.750 e. The van der Waals surface area contributed by atoms with Crippen molar-refractivity contribution in [3.8, 4) is 5.75 Å². The van der Waals surface area contributed by atoms with Crippen molar-refractivity contribution in [2.75, 3.05) is 24.3 Å². The molecule has 1 aromatic carbocycles. The number of nitrogen functional groups attached to an aromatic ring is 1. The highest BCUT2D eigenvalue weighted by atomic mass is 31.1. The summed E-state index contributed by atoms with van der Waals surface area (Å²) < 4.78 is 45.2. The molecule has 5 rings (SSSR count). The second kappa shape index (κ2) is 8.70. The van der Waals surface area contributed by atoms with Crippen LogP contribution in [0.1, 0.15) is 26.0 Å². The summed E-state index contributed by atoms with van der Waals surface area (Å²) in [5, 5.41) is 10.6. The van der Waals surface area contributed by atoms with E-state index in [0.717, 1.165) is 12.8 Å². The van der Waals surface area contributed by atoms with Gasteiger partial charge in [-0.1, -0.05) is 18.2 Å². The van der Waals surface area contributed by atoms with Crippen LogP contribution in [0, 0.1) is 0 Å². The van der Waals surface area contributed by atoms with Gasteiger partial charge in [0.25, 0.3) is 0 Å². The molecule has 2 aromatic heterocycles. The van der Waals surface area contributed by atoms with Crippen molar-refractivity contribution in [2.45, 2.75) is 49.9 Å². The molecule has 2 fully saturated rings. The van der Waals surface area contributed by atoms with Crippen molar-refractivity contribution in [1.29, 1.82) is 0 Å². The molecule has 5 atom stereocenters. The number of aliphatic hydroxyl groups is 1. The first-order valence-corrected chi connectivity index (χ1v) is 11.9. The van der Waals surface area contributed by atoms with E-state index in [1.54, 1.807) is 30.3 Å². The van der Waals surface area contributed by atoms with Crippen LogP contribution in [0.25, 0.3) is 11.2 Å². The normalized spacial score (nSPS) is 27.2. The number of halogens is 1. The number of aromatic nitrogens is 4. The third-order valence-corrected chi connectivity index (χ3v) is 6.79. The number of nitrogens with zero attached hydrogens (tertiary/aromatic N) is 5. The Kier molecular flexibility index (Phi) is 5.85. The number of nitrogens with two attached hydrogens (primary N) is 1. The molecule has 0 amide bonds. The summed E-state index contributed by atoms with van der Waals surface area (Å²) in [5.41, 5.74) is 5.17. The van der Waals surface area contributed by atoms with Crippen molar-refractivity contribution >= 4 is 31.2 Å². The molecule has 11 nitrogen and oxygen atoms in total. The highest BCUT2D eigenvalue weighted by Gasteiger charge is 2.55. The van der Waals surface area contributed by atoms with Gasteiger partial charge in [0.2, 0.25) is 5.95 Å². The Bertz CT molecular complexity index is 1210. The lowest BCUT2D eigenvalue weighted by molar-refractivity contribution is -0.110. The van der Waals surface area contributed by atoms with Gasteiger partial charge < -0.3 is 20.5 Å². The smallest absolute Gasteiger partial charge is 0.387 e. The molecule has 13 heteroatoms. The van der Waals surface area contributed by atoms with E-state index >= 15 is 4.39 Å². The van der Waals surface area contributed by atoms with E-state index in [1.807, 2.05) is 11.9 Å². The van der Waals surface area contributed by atoms with Crippen LogP contribution < -0.4 is 15.2 Å². The summed E-state index contributed by atoms with van der Waals surface area (Å²) in [6.07, 6.45) is -1.18. The van der Waals surface area contributed by atoms with Gasteiger partial charge in [0.05, 0.1) is 6.33 Å². The number of aliphatic hydroxyl groups excluding tert-OH is 1. The molecule has 180 valence electrons. The Balaban J connectivity index is 1.35. The SMILES string of the molecule is CN(c1nc(N)nc2c1ncn2[C@@H]1O[C@](C)(CO[P+](=O)Oc2ccccc2)[C@@H](O)[C@H]1F)C1CC1. The van der Waals surface area contributed by atoms with Gasteiger partial charge in [0, 0.05) is 17.7 Å². The minimum atomic E-state index is -2.57. The number of para-hydroxylation sites is 1. The molecule has 3 heterocycles. The first-order valence-electron chi connectivity index (χ1n) is 10.8. The summed E-state index contributed by atoms with van der Waals surface area (Å²) >= 11 is 0. The van der Waals surface area contributed by atoms with Crippen molar-refractivity contribution in [3.05, 3.63) is 36.7 Å². The fourth-order valence-corrected chi connectivity index (χ4v) is 4.70. The molecule has 1 unspecified atom stereocenters. The molecule has 1 saturated heterocycles. The number of alkyl halides is 1. The van der Waals surface area contributed by atoms with Gasteiger partial charge in [0.15, 0.2) is 35.1 Å². The second-order valence-electron chi connectivity index (χ2n) is 8.68. The molecule has 0 bridgehead atoms. The fourth-order valence-electron chi connectivity index (χ4n) is 3.99. The van der Waals surface area contributed by atoms with Crippen LogP contribution in [0.3, 0.4) is 0 Å². The molecule has 34 heavy (non-hydrogen) atoms. The van der Waals surface area contributed by atoms with Crippen LogP contribution in [0.5, 0.6) is 5.75 Å². The molecule has 2 aliphatic rings. The third-order valence-electron chi connectivity index (χ3n) is 6.09. The van der Waals surface area contributed by atoms with Gasteiger partial charge in [-0.3, -0.25) is 4.57 Å². The zero-order valence-electron chi connectivity index (χ0n) is 18.6. The number of hydrogen-bond donors (Lipinski definition) is 2. The summed E-state index contributed by atoms with van der Waals surface area (Å²) in [4.78, 5) is 14.9. The predicted octanol–water partition coefficient (Wildman–Crippen LogP) is 2.75. The number of benzene rings is 1. The van der Waals surface area contributed by atoms with Crippen molar-refractivity contribution in [1.82, 2.24) is 19.5 Å². The van der Waals surface area contributed by atoms with Gasteiger partial charge in [-0.25, -0.2) is 13.9 Å². The zero-order valence-corrected chi connectivity index (χ0v) is 19.5. The standard InChI is InChI=1S/C21H25FN6O5P/c1-21(10-31-34(30)33-13-6-4-3-5-7-13)16(29)14(22)19(32-21)28-11-24-15-17(27(2)12-8-9-12)25-20(23)26-18(15)28/h3-7,11-12,14,16,19,29H,8-10H2,1-2H3,(H2,23,25,26)/q+1/t14-,16+,19-,21-/m1/s1. The molecule has 0 radical (unpaired) electrons. The lowest BCUT2D eigenvalue weighted by Gasteiger charge is -2.24. The van der Waals surface area contributed by atoms with Gasteiger partial charge in [-0.2, -0.15) is 9.97 Å². The lowest BCUT2D eigenvalue weighted by atomic mass is 9.99. The Morgan fingerprint density at radius 3 is 2.79 bits per heavy atom. The number of ether oxygens (including phenoxy) is 1. The summed E-state index contributed by atoms with van der Waals surface area (Å²) in [7, 11) is -0.666. The summed E-state index contributed by atoms with van der Waals surface area (Å²) in [5.74, 6) is 0.933.